The Morgan fingerprint density at radius 2 is 1.45 bits per heavy atom. The minimum Gasteiger partial charge on any atom is -0.352 e. The summed E-state index contributed by atoms with van der Waals surface area (Å²) in [7, 11) is 0. The number of amides is 2. The molecule has 0 fully saturated rings. The van der Waals surface area contributed by atoms with E-state index in [9.17, 15) is 14.0 Å². The highest BCUT2D eigenvalue weighted by Crippen LogP contribution is 2.15. The highest BCUT2D eigenvalue weighted by Gasteiger charge is 2.11. The van der Waals surface area contributed by atoms with Crippen molar-refractivity contribution >= 4 is 17.5 Å². The molecule has 0 bridgehead atoms. The van der Waals surface area contributed by atoms with Gasteiger partial charge in [-0.1, -0.05) is 24.3 Å². The molecule has 0 atom stereocenters. The molecule has 0 aliphatic heterocycles. The first-order valence-corrected chi connectivity index (χ1v) is 9.43. The topological polar surface area (TPSA) is 58.2 Å². The Bertz CT molecular complexity index is 1010. The average molecular weight is 390 g/mol. The summed E-state index contributed by atoms with van der Waals surface area (Å²) in [5.74, 6) is -0.808. The molecule has 3 aromatic rings. The van der Waals surface area contributed by atoms with E-state index in [-0.39, 0.29) is 17.6 Å². The Morgan fingerprint density at radius 3 is 2.10 bits per heavy atom. The molecule has 0 aliphatic carbocycles. The fourth-order valence-electron chi connectivity index (χ4n) is 3.13. The van der Waals surface area contributed by atoms with Gasteiger partial charge in [-0.25, -0.2) is 4.39 Å². The molecule has 5 heteroatoms. The summed E-state index contributed by atoms with van der Waals surface area (Å²) in [6.07, 6.45) is 0.596. The predicted molar refractivity (Wildman–Crippen MR) is 113 cm³/mol. The van der Waals surface area contributed by atoms with E-state index >= 15 is 0 Å². The monoisotopic (exact) mass is 390 g/mol. The highest BCUT2D eigenvalue weighted by atomic mass is 19.1. The zero-order valence-corrected chi connectivity index (χ0v) is 16.5. The molecule has 4 nitrogen and oxygen atoms in total. The summed E-state index contributed by atoms with van der Waals surface area (Å²) in [5, 5.41) is 5.70. The van der Waals surface area contributed by atoms with Gasteiger partial charge in [0.05, 0.1) is 0 Å². The van der Waals surface area contributed by atoms with E-state index in [0.717, 1.165) is 22.4 Å². The Labute approximate surface area is 169 Å². The summed E-state index contributed by atoms with van der Waals surface area (Å²) in [6, 6.07) is 18.6. The van der Waals surface area contributed by atoms with Crippen molar-refractivity contribution in [3.63, 3.8) is 0 Å². The molecule has 3 rings (SSSR count). The quantitative estimate of drug-likeness (QED) is 0.643. The van der Waals surface area contributed by atoms with Gasteiger partial charge in [0.2, 0.25) is 0 Å². The molecular weight excluding hydrogens is 367 g/mol. The lowest BCUT2D eigenvalue weighted by molar-refractivity contribution is 0.0954. The maximum atomic E-state index is 12.9. The molecule has 2 amide bonds. The molecule has 0 aliphatic rings. The van der Waals surface area contributed by atoms with E-state index in [1.165, 1.54) is 12.1 Å². The number of hydrogen-bond acceptors (Lipinski definition) is 2. The maximum absolute atomic E-state index is 12.9. The number of aryl methyl sites for hydroxylation is 2. The normalized spacial score (nSPS) is 10.4. The molecule has 0 spiro atoms. The second-order valence-corrected chi connectivity index (χ2v) is 7.04. The number of carbonyl (C=O) groups is 2. The van der Waals surface area contributed by atoms with Crippen LogP contribution >= 0.6 is 0 Å². The van der Waals surface area contributed by atoms with Crippen LogP contribution in [0.3, 0.4) is 0 Å². The zero-order valence-electron chi connectivity index (χ0n) is 16.5. The minimum atomic E-state index is -0.284. The number of carbonyl (C=O) groups excluding carboxylic acids is 2. The number of halogens is 1. The number of rotatable bonds is 6. The van der Waals surface area contributed by atoms with Gasteiger partial charge in [-0.3, -0.25) is 9.59 Å². The van der Waals surface area contributed by atoms with Gasteiger partial charge in [-0.15, -0.1) is 0 Å². The van der Waals surface area contributed by atoms with Crippen molar-refractivity contribution in [1.29, 1.82) is 0 Å². The second kappa shape index (κ2) is 9.15. The van der Waals surface area contributed by atoms with Gasteiger partial charge in [0, 0.05) is 23.4 Å². The maximum Gasteiger partial charge on any atom is 0.255 e. The van der Waals surface area contributed by atoms with Crippen molar-refractivity contribution in [1.82, 2.24) is 5.32 Å². The van der Waals surface area contributed by atoms with Crippen molar-refractivity contribution in [2.45, 2.75) is 20.3 Å². The molecule has 0 heterocycles. The van der Waals surface area contributed by atoms with E-state index in [1.807, 2.05) is 32.0 Å². The van der Waals surface area contributed by atoms with Gasteiger partial charge in [0.25, 0.3) is 11.8 Å². The molecule has 0 saturated carbocycles. The second-order valence-electron chi connectivity index (χ2n) is 7.04. The number of anilines is 1. The van der Waals surface area contributed by atoms with Gasteiger partial charge in [-0.05, 0) is 79.4 Å². The first-order valence-electron chi connectivity index (χ1n) is 9.43. The molecule has 0 radical (unpaired) electrons. The van der Waals surface area contributed by atoms with Crippen LogP contribution in [-0.4, -0.2) is 18.4 Å². The van der Waals surface area contributed by atoms with Crippen LogP contribution in [0, 0.1) is 19.7 Å². The zero-order chi connectivity index (χ0) is 20.8. The Balaban J connectivity index is 1.61. The number of benzene rings is 3. The minimum absolute atomic E-state index is 0.256. The van der Waals surface area contributed by atoms with Crippen molar-refractivity contribution in [2.75, 3.05) is 11.9 Å². The Morgan fingerprint density at radius 1 is 0.828 bits per heavy atom. The van der Waals surface area contributed by atoms with E-state index in [1.54, 1.807) is 36.4 Å². The van der Waals surface area contributed by atoms with E-state index in [4.69, 9.17) is 0 Å². The van der Waals surface area contributed by atoms with E-state index in [0.29, 0.717) is 24.1 Å². The molecular formula is C24H23FN2O2. The van der Waals surface area contributed by atoms with Crippen molar-refractivity contribution < 1.29 is 14.0 Å². The summed E-state index contributed by atoms with van der Waals surface area (Å²) in [6.45, 7) is 4.36. The van der Waals surface area contributed by atoms with E-state index < -0.39 is 0 Å². The lowest BCUT2D eigenvalue weighted by Crippen LogP contribution is -2.26. The first kappa shape index (κ1) is 20.3. The van der Waals surface area contributed by atoms with Gasteiger partial charge in [0.15, 0.2) is 0 Å². The molecule has 3 aromatic carbocycles. The van der Waals surface area contributed by atoms with Crippen molar-refractivity contribution in [2.24, 2.45) is 0 Å². The molecule has 148 valence electrons. The van der Waals surface area contributed by atoms with Gasteiger partial charge in [0.1, 0.15) is 5.82 Å². The smallest absolute Gasteiger partial charge is 0.255 e. The fraction of sp³-hybridized carbons (Fsp3) is 0.167. The standard InChI is InChI=1S/C24H23FN2O2/c1-16-12-17(2)14-22(13-16)27-24(29)20-5-3-4-19(15-20)23(28)26-11-10-18-6-8-21(25)9-7-18/h3-9,12-15H,10-11H2,1-2H3,(H,26,28)(H,27,29). The predicted octanol–water partition coefficient (Wildman–Crippen LogP) is 4.67. The van der Waals surface area contributed by atoms with Gasteiger partial charge in [-0.2, -0.15) is 0 Å². The molecule has 0 saturated heterocycles. The lowest BCUT2D eigenvalue weighted by Gasteiger charge is -2.09. The van der Waals surface area contributed by atoms with Crippen LogP contribution in [-0.2, 0) is 6.42 Å². The van der Waals surface area contributed by atoms with E-state index in [2.05, 4.69) is 10.6 Å². The van der Waals surface area contributed by atoms with Crippen LogP contribution in [0.4, 0.5) is 10.1 Å². The third-order valence-electron chi connectivity index (χ3n) is 4.48. The summed E-state index contributed by atoms with van der Waals surface area (Å²) >= 11 is 0. The number of hydrogen-bond donors (Lipinski definition) is 2. The average Bonchev–Trinajstić information content (AvgIpc) is 2.68. The Hall–Kier alpha value is -3.47. The van der Waals surface area contributed by atoms with Crippen molar-refractivity contribution in [3.8, 4) is 0 Å². The molecule has 0 unspecified atom stereocenters. The third kappa shape index (κ3) is 5.75. The molecule has 0 aromatic heterocycles. The third-order valence-corrected chi connectivity index (χ3v) is 4.48. The fourth-order valence-corrected chi connectivity index (χ4v) is 3.13. The van der Waals surface area contributed by atoms with Gasteiger partial charge >= 0.3 is 0 Å². The largest absolute Gasteiger partial charge is 0.352 e. The first-order chi connectivity index (χ1) is 13.9. The molecule has 2 N–H and O–H groups in total. The summed E-state index contributed by atoms with van der Waals surface area (Å²) < 4.78 is 12.9. The molecule has 29 heavy (non-hydrogen) atoms. The lowest BCUT2D eigenvalue weighted by atomic mass is 10.1. The SMILES string of the molecule is Cc1cc(C)cc(NC(=O)c2cccc(C(=O)NCCc3ccc(F)cc3)c2)c1. The van der Waals surface area contributed by atoms with Crippen LogP contribution in [0.25, 0.3) is 0 Å². The van der Waals surface area contributed by atoms with Crippen LogP contribution in [0.2, 0.25) is 0 Å². The van der Waals surface area contributed by atoms with Crippen LogP contribution in [0.5, 0.6) is 0 Å². The number of nitrogens with one attached hydrogen (secondary N) is 2. The van der Waals surface area contributed by atoms with Crippen LogP contribution < -0.4 is 10.6 Å². The summed E-state index contributed by atoms with van der Waals surface area (Å²) in [5.41, 5.74) is 4.62. The van der Waals surface area contributed by atoms with Crippen LogP contribution in [0.15, 0.2) is 66.7 Å². The highest BCUT2D eigenvalue weighted by molar-refractivity contribution is 6.06. The summed E-state index contributed by atoms with van der Waals surface area (Å²) in [4.78, 5) is 25.0. The van der Waals surface area contributed by atoms with Crippen molar-refractivity contribution in [3.05, 3.63) is 100 Å². The van der Waals surface area contributed by atoms with Crippen LogP contribution in [0.1, 0.15) is 37.4 Å². The van der Waals surface area contributed by atoms with Gasteiger partial charge < -0.3 is 10.6 Å². The Kier molecular flexibility index (Phi) is 6.39.